The Hall–Kier alpha value is -4.00. The van der Waals surface area contributed by atoms with Gasteiger partial charge in [0.1, 0.15) is 11.5 Å². The smallest absolute Gasteiger partial charge is 0.300 e. The van der Waals surface area contributed by atoms with E-state index in [0.717, 1.165) is 22.6 Å². The van der Waals surface area contributed by atoms with E-state index >= 15 is 0 Å². The highest BCUT2D eigenvalue weighted by Gasteiger charge is 2.47. The number of hydrogen-bond donors (Lipinski definition) is 2. The molecule has 156 valence electrons. The van der Waals surface area contributed by atoms with Crippen LogP contribution in [0.15, 0.2) is 72.3 Å². The van der Waals surface area contributed by atoms with Crippen LogP contribution >= 0.6 is 0 Å². The molecule has 0 aromatic heterocycles. The molecule has 7 heteroatoms. The maximum absolute atomic E-state index is 13.9. The number of hydrogen-bond acceptors (Lipinski definition) is 4. The van der Waals surface area contributed by atoms with Crippen LogP contribution < -0.4 is 4.90 Å². The third kappa shape index (κ3) is 3.54. The molecule has 0 aliphatic carbocycles. The Balaban J connectivity index is 1.95. The lowest BCUT2D eigenvalue weighted by atomic mass is 9.95. The summed E-state index contributed by atoms with van der Waals surface area (Å²) in [7, 11) is 0. The number of aromatic hydroxyl groups is 1. The van der Waals surface area contributed by atoms with Gasteiger partial charge in [-0.1, -0.05) is 42.0 Å². The van der Waals surface area contributed by atoms with Gasteiger partial charge in [0.05, 0.1) is 11.6 Å². The predicted octanol–water partition coefficient (Wildman–Crippen LogP) is 4.61. The minimum Gasteiger partial charge on any atom is -0.508 e. The summed E-state index contributed by atoms with van der Waals surface area (Å²) in [5, 5.41) is 20.6. The summed E-state index contributed by atoms with van der Waals surface area (Å²) < 4.78 is 27.4. The number of aliphatic hydroxyl groups excluding tert-OH is 1. The number of halogens is 2. The van der Waals surface area contributed by atoms with Crippen LogP contribution in [0.2, 0.25) is 0 Å². The Morgan fingerprint density at radius 1 is 0.903 bits per heavy atom. The number of carbonyl (C=O) groups is 2. The molecular formula is C24H17F2NO4. The van der Waals surface area contributed by atoms with E-state index in [1.807, 2.05) is 6.92 Å². The van der Waals surface area contributed by atoms with Crippen molar-refractivity contribution in [3.8, 4) is 5.75 Å². The van der Waals surface area contributed by atoms with Gasteiger partial charge in [0, 0.05) is 17.3 Å². The van der Waals surface area contributed by atoms with Crippen LogP contribution in [-0.2, 0) is 9.59 Å². The van der Waals surface area contributed by atoms with Crippen molar-refractivity contribution in [2.45, 2.75) is 13.0 Å². The van der Waals surface area contributed by atoms with Gasteiger partial charge in [0.2, 0.25) is 0 Å². The molecule has 31 heavy (non-hydrogen) atoms. The van der Waals surface area contributed by atoms with Gasteiger partial charge in [-0.05, 0) is 36.8 Å². The number of anilines is 1. The topological polar surface area (TPSA) is 77.8 Å². The van der Waals surface area contributed by atoms with E-state index in [0.29, 0.717) is 11.1 Å². The molecule has 0 saturated carbocycles. The number of phenols is 1. The zero-order valence-electron chi connectivity index (χ0n) is 16.3. The highest BCUT2D eigenvalue weighted by molar-refractivity contribution is 6.51. The standard InChI is InChI=1S/C24H17F2NO4/c1-13-2-4-15(5-3-13)22(29)20-21(14-6-9-17(28)10-7-14)27(24(31)23(20)30)16-8-11-18(25)19(26)12-16/h2-12,21,28-29H,1H3/b22-20+. The van der Waals surface area contributed by atoms with Gasteiger partial charge in [-0.25, -0.2) is 8.78 Å². The Morgan fingerprint density at radius 3 is 2.16 bits per heavy atom. The Kier molecular flexibility index (Phi) is 5.02. The van der Waals surface area contributed by atoms with Gasteiger partial charge >= 0.3 is 0 Å². The molecule has 1 heterocycles. The molecule has 0 spiro atoms. The molecule has 5 nitrogen and oxygen atoms in total. The molecule has 4 rings (SSSR count). The van der Waals surface area contributed by atoms with Gasteiger partial charge in [-0.2, -0.15) is 0 Å². The predicted molar refractivity (Wildman–Crippen MR) is 110 cm³/mol. The van der Waals surface area contributed by atoms with Crippen molar-refractivity contribution in [1.82, 2.24) is 0 Å². The summed E-state index contributed by atoms with van der Waals surface area (Å²) in [5.41, 5.74) is 1.44. The van der Waals surface area contributed by atoms with Crippen LogP contribution in [0, 0.1) is 18.6 Å². The van der Waals surface area contributed by atoms with E-state index in [9.17, 15) is 28.6 Å². The fraction of sp³-hybridized carbons (Fsp3) is 0.0833. The number of aryl methyl sites for hydroxylation is 1. The van der Waals surface area contributed by atoms with Crippen molar-refractivity contribution < 1.29 is 28.6 Å². The van der Waals surface area contributed by atoms with Crippen molar-refractivity contribution in [2.75, 3.05) is 4.90 Å². The second kappa shape index (κ2) is 7.68. The number of amides is 1. The van der Waals surface area contributed by atoms with E-state index in [1.165, 1.54) is 30.3 Å². The van der Waals surface area contributed by atoms with Gasteiger partial charge in [0.25, 0.3) is 11.7 Å². The first-order valence-electron chi connectivity index (χ1n) is 9.40. The first-order chi connectivity index (χ1) is 14.8. The van der Waals surface area contributed by atoms with E-state index in [1.54, 1.807) is 24.3 Å². The molecule has 1 amide bonds. The minimum atomic E-state index is -1.18. The van der Waals surface area contributed by atoms with E-state index in [2.05, 4.69) is 0 Å². The second-order valence-corrected chi connectivity index (χ2v) is 7.23. The summed E-state index contributed by atoms with van der Waals surface area (Å²) in [6.07, 6.45) is 0. The largest absolute Gasteiger partial charge is 0.508 e. The number of aliphatic hydroxyl groups is 1. The number of phenolic OH excluding ortho intramolecular Hbond substituents is 1. The van der Waals surface area contributed by atoms with E-state index in [4.69, 9.17) is 0 Å². The molecular weight excluding hydrogens is 404 g/mol. The zero-order valence-corrected chi connectivity index (χ0v) is 16.3. The Bertz CT molecular complexity index is 1220. The van der Waals surface area contributed by atoms with E-state index < -0.39 is 29.4 Å². The number of benzene rings is 3. The average Bonchev–Trinajstić information content (AvgIpc) is 3.01. The first kappa shape index (κ1) is 20.3. The van der Waals surface area contributed by atoms with Crippen LogP contribution in [0.5, 0.6) is 5.75 Å². The number of ketones is 1. The van der Waals surface area contributed by atoms with Crippen molar-refractivity contribution >= 4 is 23.1 Å². The summed E-state index contributed by atoms with van der Waals surface area (Å²) in [6, 6.07) is 14.2. The lowest BCUT2D eigenvalue weighted by Crippen LogP contribution is -2.29. The number of Topliss-reactive ketones (excluding diaryl/α,β-unsaturated/α-hetero) is 1. The van der Waals surface area contributed by atoms with Gasteiger partial charge in [0.15, 0.2) is 11.6 Å². The summed E-state index contributed by atoms with van der Waals surface area (Å²) in [5.74, 6) is -4.64. The van der Waals surface area contributed by atoms with Crippen molar-refractivity contribution in [3.05, 3.63) is 101 Å². The average molecular weight is 421 g/mol. The Labute approximate surface area is 176 Å². The molecule has 0 radical (unpaired) electrons. The van der Waals surface area contributed by atoms with Crippen molar-refractivity contribution in [1.29, 1.82) is 0 Å². The molecule has 1 atom stereocenters. The molecule has 3 aromatic rings. The Morgan fingerprint density at radius 2 is 1.55 bits per heavy atom. The van der Waals surface area contributed by atoms with Crippen molar-refractivity contribution in [2.24, 2.45) is 0 Å². The fourth-order valence-corrected chi connectivity index (χ4v) is 3.57. The molecule has 1 aliphatic heterocycles. The first-order valence-corrected chi connectivity index (χ1v) is 9.40. The van der Waals surface area contributed by atoms with Crippen LogP contribution in [-0.4, -0.2) is 21.9 Å². The summed E-state index contributed by atoms with van der Waals surface area (Å²) in [4.78, 5) is 26.9. The minimum absolute atomic E-state index is 0.0351. The monoisotopic (exact) mass is 421 g/mol. The molecule has 1 fully saturated rings. The van der Waals surface area contributed by atoms with Crippen LogP contribution in [0.4, 0.5) is 14.5 Å². The summed E-state index contributed by atoms with van der Waals surface area (Å²) >= 11 is 0. The van der Waals surface area contributed by atoms with Crippen LogP contribution in [0.25, 0.3) is 5.76 Å². The second-order valence-electron chi connectivity index (χ2n) is 7.23. The third-order valence-electron chi connectivity index (χ3n) is 5.16. The van der Waals surface area contributed by atoms with Gasteiger partial charge in [-0.3, -0.25) is 14.5 Å². The van der Waals surface area contributed by atoms with Gasteiger partial charge in [-0.15, -0.1) is 0 Å². The number of nitrogens with zero attached hydrogens (tertiary/aromatic N) is 1. The molecule has 0 bridgehead atoms. The quantitative estimate of drug-likeness (QED) is 0.368. The maximum Gasteiger partial charge on any atom is 0.300 e. The van der Waals surface area contributed by atoms with Crippen LogP contribution in [0.3, 0.4) is 0 Å². The van der Waals surface area contributed by atoms with Crippen LogP contribution in [0.1, 0.15) is 22.7 Å². The third-order valence-corrected chi connectivity index (χ3v) is 5.16. The molecule has 1 aliphatic rings. The molecule has 3 aromatic carbocycles. The number of carbonyl (C=O) groups excluding carboxylic acids is 2. The molecule has 2 N–H and O–H groups in total. The fourth-order valence-electron chi connectivity index (χ4n) is 3.57. The lowest BCUT2D eigenvalue weighted by Gasteiger charge is -2.25. The maximum atomic E-state index is 13.9. The SMILES string of the molecule is Cc1ccc(/C(O)=C2\C(=O)C(=O)N(c3ccc(F)c(F)c3)C2c2ccc(O)cc2)cc1. The molecule has 1 unspecified atom stereocenters. The van der Waals surface area contributed by atoms with E-state index in [-0.39, 0.29) is 22.8 Å². The highest BCUT2D eigenvalue weighted by Crippen LogP contribution is 2.42. The van der Waals surface area contributed by atoms with Crippen molar-refractivity contribution in [3.63, 3.8) is 0 Å². The highest BCUT2D eigenvalue weighted by atomic mass is 19.2. The lowest BCUT2D eigenvalue weighted by molar-refractivity contribution is -0.132. The normalized spacial score (nSPS) is 17.9. The summed E-state index contributed by atoms with van der Waals surface area (Å²) in [6.45, 7) is 1.86. The molecule has 1 saturated heterocycles. The zero-order chi connectivity index (χ0) is 22.3. The van der Waals surface area contributed by atoms with Gasteiger partial charge < -0.3 is 10.2 Å². The number of rotatable bonds is 3.